The van der Waals surface area contributed by atoms with E-state index in [9.17, 15) is 24.6 Å². The Hall–Kier alpha value is -2.65. The fourth-order valence-corrected chi connectivity index (χ4v) is 12.7. The van der Waals surface area contributed by atoms with Crippen LogP contribution in [0.15, 0.2) is 30.3 Å². The van der Waals surface area contributed by atoms with Gasteiger partial charge in [-0.25, -0.2) is 4.79 Å². The number of likely N-dealkylation sites (tertiary alicyclic amines) is 1. The minimum atomic E-state index is -1.86. The van der Waals surface area contributed by atoms with E-state index in [-0.39, 0.29) is 24.6 Å². The zero-order valence-corrected chi connectivity index (χ0v) is 29.2. The number of piperidine rings is 1. The number of carbonyl (C=O) groups is 3. The van der Waals surface area contributed by atoms with E-state index >= 15 is 0 Å². The van der Waals surface area contributed by atoms with Crippen LogP contribution in [0.3, 0.4) is 0 Å². The first-order valence-corrected chi connectivity index (χ1v) is 17.2. The van der Waals surface area contributed by atoms with Crippen molar-refractivity contribution in [2.24, 2.45) is 34.5 Å². The number of aliphatic hydroxyl groups is 2. The summed E-state index contributed by atoms with van der Waals surface area (Å²) in [6, 6.07) is 8.12. The Labute approximate surface area is 286 Å². The van der Waals surface area contributed by atoms with Crippen molar-refractivity contribution in [1.29, 1.82) is 0 Å². The summed E-state index contributed by atoms with van der Waals surface area (Å²) in [7, 11) is 6.25. The van der Waals surface area contributed by atoms with Crippen molar-refractivity contribution in [2.75, 3.05) is 48.1 Å². The molecule has 5 saturated carbocycles. The van der Waals surface area contributed by atoms with Crippen molar-refractivity contribution in [3.63, 3.8) is 0 Å². The number of hydrogen-bond acceptors (Lipinski definition) is 13. The minimum Gasteiger partial charge on any atom is -0.462 e. The first-order valence-electron chi connectivity index (χ1n) is 17.2. The lowest BCUT2D eigenvalue weighted by Gasteiger charge is -2.70. The van der Waals surface area contributed by atoms with Crippen LogP contribution in [-0.4, -0.2) is 135 Å². The molecule has 5 unspecified atom stereocenters. The number of methoxy groups -OCH3 is 4. The summed E-state index contributed by atoms with van der Waals surface area (Å²) in [6.07, 6.45) is -5.45. The fraction of sp³-hybridized carbons (Fsp3) is 0.750. The third-order valence-electron chi connectivity index (χ3n) is 13.4. The Morgan fingerprint density at radius 2 is 1.63 bits per heavy atom. The molecule has 6 aliphatic rings. The van der Waals surface area contributed by atoms with Gasteiger partial charge in [-0.1, -0.05) is 25.1 Å². The van der Waals surface area contributed by atoms with E-state index in [0.717, 1.165) is 0 Å². The highest BCUT2D eigenvalue weighted by atomic mass is 16.6. The maximum atomic E-state index is 13.8. The minimum absolute atomic E-state index is 0.0534. The smallest absolute Gasteiger partial charge is 0.338 e. The SMILES string of the molecule is CCN1C[C@]2(COC)C(OC(C)=O)CC(OC)C34[C@@H]5C[C@@]6(O)[C@H](OC(=O)c7ccccc7)[C@@H]5[C@@](OC(C)=O)(C([C@H]13)[C@H](OC)[C@@H]42)C(O)[C@@H]6OC. The molecule has 1 heterocycles. The molecule has 0 amide bonds. The average Bonchev–Trinajstić information content (AvgIpc) is 3.44. The monoisotopic (exact) mass is 687 g/mol. The normalized spacial score (nSPS) is 47.4. The van der Waals surface area contributed by atoms with Gasteiger partial charge in [-0.05, 0) is 31.0 Å². The van der Waals surface area contributed by atoms with E-state index in [1.54, 1.807) is 51.7 Å². The summed E-state index contributed by atoms with van der Waals surface area (Å²) in [4.78, 5) is 42.2. The third-order valence-corrected chi connectivity index (χ3v) is 13.4. The van der Waals surface area contributed by atoms with Crippen molar-refractivity contribution < 1.29 is 57.8 Å². The molecule has 0 radical (unpaired) electrons. The standard InChI is InChI=1S/C36H49NO12/c1-8-37-16-33(17-43-4)22(47-18(2)38)14-23(44-5)35-21-15-34(42)30(48-32(41)20-12-10-9-11-13-20)24(21)36(49-19(3)39,29(40)31(34)46-7)25(28(35)37)26(45-6)27(33)35/h9-13,21-31,40,42H,8,14-17H2,1-7H3/t21-,22?,23?,24-,25?,26+,27-,28+,29?,30-,31+,33+,34-,35?,36-/m1/s1. The maximum absolute atomic E-state index is 13.8. The molecule has 270 valence electrons. The highest BCUT2D eigenvalue weighted by molar-refractivity contribution is 5.89. The molecule has 7 rings (SSSR count). The van der Waals surface area contributed by atoms with Crippen LogP contribution in [0.25, 0.3) is 0 Å². The van der Waals surface area contributed by atoms with Gasteiger partial charge in [-0.2, -0.15) is 0 Å². The zero-order valence-electron chi connectivity index (χ0n) is 29.2. The van der Waals surface area contributed by atoms with Crippen LogP contribution in [0, 0.1) is 34.5 Å². The average molecular weight is 688 g/mol. The number of ether oxygens (including phenoxy) is 7. The van der Waals surface area contributed by atoms with Gasteiger partial charge in [0.25, 0.3) is 0 Å². The van der Waals surface area contributed by atoms with Crippen LogP contribution >= 0.6 is 0 Å². The van der Waals surface area contributed by atoms with Crippen molar-refractivity contribution >= 4 is 17.9 Å². The molecule has 1 aliphatic heterocycles. The largest absolute Gasteiger partial charge is 0.462 e. The Kier molecular flexibility index (Phi) is 8.49. The molecule has 13 nitrogen and oxygen atoms in total. The molecule has 0 aromatic heterocycles. The van der Waals surface area contributed by atoms with Gasteiger partial charge in [0.2, 0.25) is 0 Å². The molecule has 5 aliphatic carbocycles. The Morgan fingerprint density at radius 3 is 2.20 bits per heavy atom. The first kappa shape index (κ1) is 34.8. The van der Waals surface area contributed by atoms with Crippen LogP contribution in [0.5, 0.6) is 0 Å². The molecule has 1 saturated heterocycles. The lowest BCUT2D eigenvalue weighted by atomic mass is 9.42. The molecule has 7 bridgehead atoms. The summed E-state index contributed by atoms with van der Waals surface area (Å²) in [5, 5.41) is 25.5. The van der Waals surface area contributed by atoms with Crippen molar-refractivity contribution in [1.82, 2.24) is 4.90 Å². The van der Waals surface area contributed by atoms with E-state index in [1.807, 2.05) is 6.92 Å². The highest BCUT2D eigenvalue weighted by Gasteiger charge is 2.92. The molecule has 1 aromatic rings. The van der Waals surface area contributed by atoms with Crippen molar-refractivity contribution in [3.8, 4) is 0 Å². The van der Waals surface area contributed by atoms with Crippen LogP contribution in [0.2, 0.25) is 0 Å². The summed E-state index contributed by atoms with van der Waals surface area (Å²) in [5.74, 6) is -4.24. The lowest BCUT2D eigenvalue weighted by Crippen LogP contribution is -2.81. The quantitative estimate of drug-likeness (QED) is 0.267. The molecule has 1 aromatic carbocycles. The lowest BCUT2D eigenvalue weighted by molar-refractivity contribution is -0.322. The van der Waals surface area contributed by atoms with Crippen molar-refractivity contribution in [2.45, 2.75) is 87.5 Å². The first-order chi connectivity index (χ1) is 23.4. The van der Waals surface area contributed by atoms with E-state index in [4.69, 9.17) is 33.2 Å². The number of nitrogens with zero attached hydrogens (tertiary/aromatic N) is 1. The number of rotatable bonds is 10. The maximum Gasteiger partial charge on any atom is 0.338 e. The number of aliphatic hydroxyl groups excluding tert-OH is 1. The third kappa shape index (κ3) is 4.21. The second-order valence-corrected chi connectivity index (χ2v) is 15.0. The van der Waals surface area contributed by atoms with Crippen LogP contribution in [0.1, 0.15) is 44.0 Å². The van der Waals surface area contributed by atoms with E-state index < -0.39 is 100 Å². The van der Waals surface area contributed by atoms with Crippen LogP contribution < -0.4 is 0 Å². The Balaban J connectivity index is 1.53. The van der Waals surface area contributed by atoms with E-state index in [0.29, 0.717) is 19.5 Å². The fourth-order valence-electron chi connectivity index (χ4n) is 12.7. The summed E-state index contributed by atoms with van der Waals surface area (Å²) in [6.45, 7) is 5.99. The van der Waals surface area contributed by atoms with Crippen LogP contribution in [0.4, 0.5) is 0 Å². The van der Waals surface area contributed by atoms with Gasteiger partial charge in [0.1, 0.15) is 30.0 Å². The van der Waals surface area contributed by atoms with E-state index in [2.05, 4.69) is 4.90 Å². The molecule has 6 fully saturated rings. The Morgan fingerprint density at radius 1 is 0.918 bits per heavy atom. The van der Waals surface area contributed by atoms with Gasteiger partial charge in [-0.3, -0.25) is 14.5 Å². The number of carbonyl (C=O) groups excluding carboxylic acids is 3. The predicted octanol–water partition coefficient (Wildman–Crippen LogP) is 1.22. The molecule has 2 N–H and O–H groups in total. The van der Waals surface area contributed by atoms with E-state index in [1.165, 1.54) is 21.0 Å². The molecule has 49 heavy (non-hydrogen) atoms. The molecule has 13 heteroatoms. The highest BCUT2D eigenvalue weighted by Crippen LogP contribution is 2.80. The van der Waals surface area contributed by atoms with Crippen molar-refractivity contribution in [3.05, 3.63) is 35.9 Å². The number of benzene rings is 1. The predicted molar refractivity (Wildman–Crippen MR) is 170 cm³/mol. The summed E-state index contributed by atoms with van der Waals surface area (Å²) >= 11 is 0. The number of esters is 3. The van der Waals surface area contributed by atoms with Gasteiger partial charge < -0.3 is 43.4 Å². The van der Waals surface area contributed by atoms with Gasteiger partial charge in [-0.15, -0.1) is 0 Å². The summed E-state index contributed by atoms with van der Waals surface area (Å²) in [5.41, 5.74) is -4.92. The molecular weight excluding hydrogens is 638 g/mol. The Bertz CT molecular complexity index is 1480. The molecule has 1 spiro atoms. The number of hydrogen-bond donors (Lipinski definition) is 2. The van der Waals surface area contributed by atoms with Gasteiger partial charge in [0, 0.05) is 89.9 Å². The summed E-state index contributed by atoms with van der Waals surface area (Å²) < 4.78 is 43.9. The second-order valence-electron chi connectivity index (χ2n) is 15.0. The van der Waals surface area contributed by atoms with Gasteiger partial charge >= 0.3 is 17.9 Å². The topological polar surface area (TPSA) is 160 Å². The van der Waals surface area contributed by atoms with Crippen LogP contribution in [-0.2, 0) is 42.7 Å². The zero-order chi connectivity index (χ0) is 35.3. The molecular formula is C36H49NO12. The number of fused-ring (bicyclic) bond motifs is 2. The second kappa shape index (κ2) is 12.0. The molecule has 15 atom stereocenters. The van der Waals surface area contributed by atoms with Gasteiger partial charge in [0.05, 0.1) is 24.4 Å². The van der Waals surface area contributed by atoms with Gasteiger partial charge in [0.15, 0.2) is 5.60 Å².